The van der Waals surface area contributed by atoms with Crippen molar-refractivity contribution >= 4 is 5.78 Å². The summed E-state index contributed by atoms with van der Waals surface area (Å²) in [6, 6.07) is 5.91. The number of ketones is 1. The fraction of sp³-hybridized carbons (Fsp3) is 0.611. The van der Waals surface area contributed by atoms with Crippen molar-refractivity contribution in [2.45, 2.75) is 51.6 Å². The van der Waals surface area contributed by atoms with Gasteiger partial charge in [-0.1, -0.05) is 25.5 Å². The van der Waals surface area contributed by atoms with E-state index in [-0.39, 0.29) is 5.78 Å². The van der Waals surface area contributed by atoms with Gasteiger partial charge in [-0.2, -0.15) is 0 Å². The summed E-state index contributed by atoms with van der Waals surface area (Å²) in [4.78, 5) is 13.2. The Bertz CT molecular complexity index is 533. The van der Waals surface area contributed by atoms with Crippen LogP contribution in [0.1, 0.15) is 55.5 Å². The van der Waals surface area contributed by atoms with Crippen molar-refractivity contribution in [3.63, 3.8) is 0 Å². The molecule has 2 unspecified atom stereocenters. The smallest absolute Gasteiger partial charge is 0.198 e. The molecule has 3 rings (SSSR count). The van der Waals surface area contributed by atoms with Crippen LogP contribution < -0.4 is 4.74 Å². The van der Waals surface area contributed by atoms with Crippen LogP contribution in [0.3, 0.4) is 0 Å². The number of carbonyl (C=O) groups excluding carboxylic acids is 1. The quantitative estimate of drug-likeness (QED) is 0.791. The molecule has 0 radical (unpaired) electrons. The number of para-hydroxylation sites is 1. The third-order valence-electron chi connectivity index (χ3n) is 4.75. The van der Waals surface area contributed by atoms with Gasteiger partial charge in [0.05, 0.1) is 12.2 Å². The molecule has 0 aromatic heterocycles. The molecule has 1 saturated carbocycles. The lowest BCUT2D eigenvalue weighted by molar-refractivity contribution is -0.0512. The van der Waals surface area contributed by atoms with Gasteiger partial charge in [-0.3, -0.25) is 4.79 Å². The van der Waals surface area contributed by atoms with Crippen molar-refractivity contribution in [1.29, 1.82) is 0 Å². The lowest BCUT2D eigenvalue weighted by atomic mass is 9.74. The predicted octanol–water partition coefficient (Wildman–Crippen LogP) is 3.79. The maximum absolute atomic E-state index is 13.2. The molecule has 3 heteroatoms. The maximum atomic E-state index is 13.2. The van der Waals surface area contributed by atoms with Crippen LogP contribution in [0, 0.1) is 5.92 Å². The zero-order chi connectivity index (χ0) is 14.9. The van der Waals surface area contributed by atoms with Crippen molar-refractivity contribution in [2.75, 3.05) is 13.2 Å². The lowest BCUT2D eigenvalue weighted by Crippen LogP contribution is -2.45. The van der Waals surface area contributed by atoms with E-state index in [1.165, 1.54) is 6.42 Å². The van der Waals surface area contributed by atoms with Gasteiger partial charge < -0.3 is 9.47 Å². The first-order valence-electron chi connectivity index (χ1n) is 8.10. The molecule has 2 aliphatic rings. The van der Waals surface area contributed by atoms with Crippen LogP contribution in [-0.2, 0) is 11.2 Å². The number of benzene rings is 1. The van der Waals surface area contributed by atoms with E-state index in [9.17, 15) is 4.79 Å². The third-order valence-corrected chi connectivity index (χ3v) is 4.75. The van der Waals surface area contributed by atoms with Crippen molar-refractivity contribution in [3.05, 3.63) is 29.3 Å². The zero-order valence-corrected chi connectivity index (χ0v) is 13.0. The van der Waals surface area contributed by atoms with Crippen LogP contribution in [-0.4, -0.2) is 24.6 Å². The Morgan fingerprint density at radius 3 is 3.10 bits per heavy atom. The van der Waals surface area contributed by atoms with E-state index in [1.807, 2.05) is 19.1 Å². The van der Waals surface area contributed by atoms with E-state index >= 15 is 0 Å². The van der Waals surface area contributed by atoms with Crippen LogP contribution in [0.5, 0.6) is 5.75 Å². The molecule has 1 aliphatic carbocycles. The molecule has 0 saturated heterocycles. The summed E-state index contributed by atoms with van der Waals surface area (Å²) in [5.74, 6) is 1.45. The molecule has 1 aromatic carbocycles. The molecule has 21 heavy (non-hydrogen) atoms. The molecule has 0 bridgehead atoms. The topological polar surface area (TPSA) is 35.5 Å². The Morgan fingerprint density at radius 1 is 1.48 bits per heavy atom. The molecule has 2 atom stereocenters. The van der Waals surface area contributed by atoms with Crippen LogP contribution in [0.2, 0.25) is 0 Å². The van der Waals surface area contributed by atoms with Gasteiger partial charge in [0.1, 0.15) is 11.4 Å². The Labute approximate surface area is 126 Å². The molecule has 114 valence electrons. The zero-order valence-electron chi connectivity index (χ0n) is 13.0. The fourth-order valence-electron chi connectivity index (χ4n) is 3.82. The summed E-state index contributed by atoms with van der Waals surface area (Å²) in [6.07, 6.45) is 4.79. The number of hydrogen-bond acceptors (Lipinski definition) is 3. The minimum atomic E-state index is -0.645. The third kappa shape index (κ3) is 2.59. The number of carbonyl (C=O) groups is 1. The average molecular weight is 288 g/mol. The van der Waals surface area contributed by atoms with Gasteiger partial charge in [-0.05, 0) is 43.7 Å². The summed E-state index contributed by atoms with van der Waals surface area (Å²) < 4.78 is 11.7. The summed E-state index contributed by atoms with van der Waals surface area (Å²) in [6.45, 7) is 5.44. The normalized spacial score (nSPS) is 28.0. The average Bonchev–Trinajstić information content (AvgIpc) is 2.95. The Morgan fingerprint density at radius 2 is 2.33 bits per heavy atom. The number of hydrogen-bond donors (Lipinski definition) is 0. The monoisotopic (exact) mass is 288 g/mol. The van der Waals surface area contributed by atoms with Gasteiger partial charge in [0.25, 0.3) is 0 Å². The van der Waals surface area contributed by atoms with Gasteiger partial charge in [0.15, 0.2) is 5.78 Å². The number of ether oxygens (including phenoxy) is 2. The minimum Gasteiger partial charge on any atom is -0.492 e. The molecule has 1 aliphatic heterocycles. The van der Waals surface area contributed by atoms with Crippen molar-refractivity contribution in [1.82, 2.24) is 0 Å². The van der Waals surface area contributed by atoms with Crippen molar-refractivity contribution in [3.8, 4) is 5.75 Å². The Balaban J connectivity index is 1.97. The second-order valence-corrected chi connectivity index (χ2v) is 6.35. The maximum Gasteiger partial charge on any atom is 0.198 e. The van der Waals surface area contributed by atoms with Gasteiger partial charge in [0.2, 0.25) is 0 Å². The first kappa shape index (κ1) is 14.6. The lowest BCUT2D eigenvalue weighted by Gasteiger charge is -2.38. The van der Waals surface area contributed by atoms with Crippen LogP contribution in [0.15, 0.2) is 18.2 Å². The molecule has 1 aromatic rings. The van der Waals surface area contributed by atoms with E-state index < -0.39 is 5.60 Å². The highest BCUT2D eigenvalue weighted by molar-refractivity contribution is 6.05. The SMILES string of the molecule is CCOC1(C(=O)c2cccc3c2OCC3)CCCC(C)C1. The fourth-order valence-corrected chi connectivity index (χ4v) is 3.82. The summed E-state index contributed by atoms with van der Waals surface area (Å²) in [5, 5.41) is 0. The summed E-state index contributed by atoms with van der Waals surface area (Å²) in [7, 11) is 0. The highest BCUT2D eigenvalue weighted by Gasteiger charge is 2.44. The summed E-state index contributed by atoms with van der Waals surface area (Å²) in [5.41, 5.74) is 1.22. The number of fused-ring (bicyclic) bond motifs is 1. The predicted molar refractivity (Wildman–Crippen MR) is 82.0 cm³/mol. The van der Waals surface area contributed by atoms with Crippen LogP contribution in [0.25, 0.3) is 0 Å². The van der Waals surface area contributed by atoms with Gasteiger partial charge >= 0.3 is 0 Å². The second-order valence-electron chi connectivity index (χ2n) is 6.35. The Hall–Kier alpha value is -1.35. The van der Waals surface area contributed by atoms with E-state index in [2.05, 4.69) is 13.0 Å². The van der Waals surface area contributed by atoms with Crippen LogP contribution >= 0.6 is 0 Å². The van der Waals surface area contributed by atoms with E-state index in [1.54, 1.807) is 0 Å². The van der Waals surface area contributed by atoms with Gasteiger partial charge in [0, 0.05) is 13.0 Å². The van der Waals surface area contributed by atoms with Gasteiger partial charge in [-0.15, -0.1) is 0 Å². The highest BCUT2D eigenvalue weighted by Crippen LogP contribution is 2.40. The second kappa shape index (κ2) is 5.80. The van der Waals surface area contributed by atoms with Crippen molar-refractivity contribution in [2.24, 2.45) is 5.92 Å². The van der Waals surface area contributed by atoms with E-state index in [0.29, 0.717) is 24.7 Å². The van der Waals surface area contributed by atoms with Gasteiger partial charge in [-0.25, -0.2) is 0 Å². The van der Waals surface area contributed by atoms with E-state index in [4.69, 9.17) is 9.47 Å². The van der Waals surface area contributed by atoms with Crippen LogP contribution in [0.4, 0.5) is 0 Å². The first-order valence-corrected chi connectivity index (χ1v) is 8.10. The standard InChI is InChI=1S/C18H24O3/c1-3-21-18(10-5-6-13(2)12-18)17(19)15-8-4-7-14-9-11-20-16(14)15/h4,7-8,13H,3,5-6,9-12H2,1-2H3. The minimum absolute atomic E-state index is 0.120. The largest absolute Gasteiger partial charge is 0.492 e. The molecule has 1 fully saturated rings. The van der Waals surface area contributed by atoms with Crippen molar-refractivity contribution < 1.29 is 14.3 Å². The molecule has 3 nitrogen and oxygen atoms in total. The van der Waals surface area contributed by atoms with E-state index in [0.717, 1.165) is 37.0 Å². The summed E-state index contributed by atoms with van der Waals surface area (Å²) >= 11 is 0. The molecule has 1 heterocycles. The number of rotatable bonds is 4. The molecule has 0 spiro atoms. The molecular formula is C18H24O3. The molecule has 0 N–H and O–H groups in total. The highest BCUT2D eigenvalue weighted by atomic mass is 16.5. The number of Topliss-reactive ketones (excluding diaryl/α,β-unsaturated/α-hetero) is 1. The molecular weight excluding hydrogens is 264 g/mol. The Kier molecular flexibility index (Phi) is 4.03. The molecule has 0 amide bonds. The first-order chi connectivity index (χ1) is 10.2.